The third-order valence-corrected chi connectivity index (χ3v) is 4.56. The van der Waals surface area contributed by atoms with Gasteiger partial charge in [0.1, 0.15) is 12.1 Å². The predicted molar refractivity (Wildman–Crippen MR) is 109 cm³/mol. The second kappa shape index (κ2) is 10.3. The van der Waals surface area contributed by atoms with Crippen LogP contribution in [-0.2, 0) is 25.6 Å². The largest absolute Gasteiger partial charge is 0.481 e. The Hall–Kier alpha value is -3.49. The fourth-order valence-corrected chi connectivity index (χ4v) is 2.97. The van der Waals surface area contributed by atoms with E-state index in [0.717, 1.165) is 16.5 Å². The molecule has 2 atom stereocenters. The summed E-state index contributed by atoms with van der Waals surface area (Å²) in [5, 5.41) is 23.8. The highest BCUT2D eigenvalue weighted by Crippen LogP contribution is 2.14. The van der Waals surface area contributed by atoms with Gasteiger partial charge < -0.3 is 20.8 Å². The first-order chi connectivity index (χ1) is 14.2. The highest BCUT2D eigenvalue weighted by molar-refractivity contribution is 5.91. The van der Waals surface area contributed by atoms with E-state index in [4.69, 9.17) is 5.11 Å². The standard InChI is InChI=1S/C21H25N3O6/c1-12(2)19(20(28)23-16(21(29)30)7-8-18(26)27)24-17(25)11-13-5-6-15-14(10-13)4-3-9-22-15/h3-6,9-10,12,16,19H,7-8,11H2,1-2H3,(H,23,28)(H,24,25)(H,26,27)(H,29,30)/t16-,19+/m1/s1. The summed E-state index contributed by atoms with van der Waals surface area (Å²) >= 11 is 0. The molecule has 160 valence electrons. The molecule has 0 unspecified atom stereocenters. The maximum Gasteiger partial charge on any atom is 0.326 e. The molecule has 4 N–H and O–H groups in total. The van der Waals surface area contributed by atoms with Crippen molar-refractivity contribution in [2.45, 2.75) is 45.2 Å². The van der Waals surface area contributed by atoms with E-state index < -0.39 is 36.4 Å². The van der Waals surface area contributed by atoms with Crippen molar-refractivity contribution in [3.63, 3.8) is 0 Å². The summed E-state index contributed by atoms with van der Waals surface area (Å²) in [6.07, 6.45) is 1.08. The quantitative estimate of drug-likeness (QED) is 0.458. The van der Waals surface area contributed by atoms with Gasteiger partial charge in [0.25, 0.3) is 0 Å². The summed E-state index contributed by atoms with van der Waals surface area (Å²) in [5.74, 6) is -3.84. The minimum atomic E-state index is -1.35. The van der Waals surface area contributed by atoms with Gasteiger partial charge in [-0.1, -0.05) is 26.0 Å². The number of nitrogens with zero attached hydrogens (tertiary/aromatic N) is 1. The number of carboxylic acid groups (broad SMARTS) is 2. The average molecular weight is 415 g/mol. The van der Waals surface area contributed by atoms with Crippen LogP contribution in [0.25, 0.3) is 10.9 Å². The average Bonchev–Trinajstić information content (AvgIpc) is 2.68. The minimum Gasteiger partial charge on any atom is -0.481 e. The Labute approximate surface area is 173 Å². The van der Waals surface area contributed by atoms with Gasteiger partial charge in [-0.2, -0.15) is 0 Å². The fraction of sp³-hybridized carbons (Fsp3) is 0.381. The Morgan fingerprint density at radius 2 is 1.80 bits per heavy atom. The number of amides is 2. The Bertz CT molecular complexity index is 943. The summed E-state index contributed by atoms with van der Waals surface area (Å²) in [6.45, 7) is 3.44. The van der Waals surface area contributed by atoms with Gasteiger partial charge >= 0.3 is 11.9 Å². The molecule has 0 saturated carbocycles. The lowest BCUT2D eigenvalue weighted by molar-refractivity contribution is -0.143. The number of rotatable bonds is 10. The number of carbonyl (C=O) groups is 4. The van der Waals surface area contributed by atoms with E-state index >= 15 is 0 Å². The molecule has 9 heteroatoms. The zero-order valence-electron chi connectivity index (χ0n) is 16.8. The lowest BCUT2D eigenvalue weighted by Gasteiger charge is -2.24. The van der Waals surface area contributed by atoms with Crippen LogP contribution in [0, 0.1) is 5.92 Å². The summed E-state index contributed by atoms with van der Waals surface area (Å²) in [5.41, 5.74) is 1.56. The van der Waals surface area contributed by atoms with E-state index in [1.165, 1.54) is 0 Å². The van der Waals surface area contributed by atoms with E-state index in [9.17, 15) is 24.3 Å². The van der Waals surface area contributed by atoms with Gasteiger partial charge in [-0.05, 0) is 36.1 Å². The molecule has 1 aromatic carbocycles. The SMILES string of the molecule is CC(C)[C@H](NC(=O)Cc1ccc2ncccc2c1)C(=O)N[C@H](CCC(=O)O)C(=O)O. The van der Waals surface area contributed by atoms with Crippen LogP contribution in [0.3, 0.4) is 0 Å². The number of hydrogen-bond donors (Lipinski definition) is 4. The monoisotopic (exact) mass is 415 g/mol. The van der Waals surface area contributed by atoms with E-state index in [-0.39, 0.29) is 24.7 Å². The van der Waals surface area contributed by atoms with E-state index in [0.29, 0.717) is 0 Å². The number of hydrogen-bond acceptors (Lipinski definition) is 5. The predicted octanol–water partition coefficient (Wildman–Crippen LogP) is 1.35. The molecule has 2 aromatic rings. The van der Waals surface area contributed by atoms with Crippen molar-refractivity contribution in [3.05, 3.63) is 42.1 Å². The first-order valence-electron chi connectivity index (χ1n) is 9.55. The number of benzene rings is 1. The molecule has 9 nitrogen and oxygen atoms in total. The van der Waals surface area contributed by atoms with E-state index in [1.807, 2.05) is 18.2 Å². The van der Waals surface area contributed by atoms with Crippen LogP contribution in [-0.4, -0.2) is 51.0 Å². The molecule has 0 bridgehead atoms. The summed E-state index contributed by atoms with van der Waals surface area (Å²) in [4.78, 5) is 51.3. The number of nitrogens with one attached hydrogen (secondary N) is 2. The lowest BCUT2D eigenvalue weighted by Crippen LogP contribution is -2.54. The van der Waals surface area contributed by atoms with Gasteiger partial charge in [-0.15, -0.1) is 0 Å². The van der Waals surface area contributed by atoms with E-state index in [2.05, 4.69) is 15.6 Å². The fourth-order valence-electron chi connectivity index (χ4n) is 2.97. The molecular formula is C21H25N3O6. The summed E-state index contributed by atoms with van der Waals surface area (Å²) in [6, 6.07) is 6.83. The minimum absolute atomic E-state index is 0.0444. The van der Waals surface area contributed by atoms with Gasteiger partial charge in [0.05, 0.1) is 11.9 Å². The molecule has 0 radical (unpaired) electrons. The van der Waals surface area contributed by atoms with Crippen molar-refractivity contribution in [1.82, 2.24) is 15.6 Å². The number of carbonyl (C=O) groups excluding carboxylic acids is 2. The molecule has 0 aliphatic carbocycles. The van der Waals surface area contributed by atoms with Crippen LogP contribution in [0.1, 0.15) is 32.3 Å². The Morgan fingerprint density at radius 3 is 2.43 bits per heavy atom. The van der Waals surface area contributed by atoms with E-state index in [1.54, 1.807) is 32.2 Å². The van der Waals surface area contributed by atoms with Crippen LogP contribution < -0.4 is 10.6 Å². The molecular weight excluding hydrogens is 390 g/mol. The first kappa shape index (κ1) is 22.8. The highest BCUT2D eigenvalue weighted by atomic mass is 16.4. The Balaban J connectivity index is 2.03. The van der Waals surface area contributed by atoms with Crippen molar-refractivity contribution >= 4 is 34.7 Å². The van der Waals surface area contributed by atoms with Crippen molar-refractivity contribution in [2.24, 2.45) is 5.92 Å². The molecule has 1 heterocycles. The lowest BCUT2D eigenvalue weighted by atomic mass is 10.0. The van der Waals surface area contributed by atoms with Gasteiger partial charge in [-0.3, -0.25) is 19.4 Å². The highest BCUT2D eigenvalue weighted by Gasteiger charge is 2.28. The molecule has 0 spiro atoms. The first-order valence-corrected chi connectivity index (χ1v) is 9.55. The molecule has 1 aromatic heterocycles. The molecule has 2 amide bonds. The Morgan fingerprint density at radius 1 is 1.07 bits per heavy atom. The molecule has 0 saturated heterocycles. The van der Waals surface area contributed by atoms with Gasteiger partial charge in [-0.25, -0.2) is 4.79 Å². The van der Waals surface area contributed by atoms with Crippen molar-refractivity contribution in [2.75, 3.05) is 0 Å². The molecule has 0 fully saturated rings. The number of carboxylic acids is 2. The third kappa shape index (κ3) is 6.54. The van der Waals surface area contributed by atoms with Gasteiger partial charge in [0, 0.05) is 18.0 Å². The normalized spacial score (nSPS) is 12.9. The van der Waals surface area contributed by atoms with Crippen molar-refractivity contribution < 1.29 is 29.4 Å². The zero-order valence-corrected chi connectivity index (χ0v) is 16.8. The maximum atomic E-state index is 12.6. The van der Waals surface area contributed by atoms with Gasteiger partial charge in [0.15, 0.2) is 0 Å². The molecule has 30 heavy (non-hydrogen) atoms. The topological polar surface area (TPSA) is 146 Å². The summed E-state index contributed by atoms with van der Waals surface area (Å²) in [7, 11) is 0. The second-order valence-electron chi connectivity index (χ2n) is 7.33. The molecule has 0 aliphatic rings. The Kier molecular flexibility index (Phi) is 7.85. The smallest absolute Gasteiger partial charge is 0.326 e. The van der Waals surface area contributed by atoms with Crippen LogP contribution in [0.4, 0.5) is 0 Å². The van der Waals surface area contributed by atoms with Crippen LogP contribution in [0.15, 0.2) is 36.5 Å². The van der Waals surface area contributed by atoms with Crippen LogP contribution in [0.5, 0.6) is 0 Å². The molecule has 2 rings (SSSR count). The number of pyridine rings is 1. The number of fused-ring (bicyclic) bond motifs is 1. The van der Waals surface area contributed by atoms with Crippen molar-refractivity contribution in [3.8, 4) is 0 Å². The summed E-state index contributed by atoms with van der Waals surface area (Å²) < 4.78 is 0. The zero-order chi connectivity index (χ0) is 22.3. The number of aliphatic carboxylic acids is 2. The van der Waals surface area contributed by atoms with Gasteiger partial charge in [0.2, 0.25) is 11.8 Å². The van der Waals surface area contributed by atoms with Crippen LogP contribution in [0.2, 0.25) is 0 Å². The number of aromatic nitrogens is 1. The third-order valence-electron chi connectivity index (χ3n) is 4.56. The molecule has 0 aliphatic heterocycles. The second-order valence-corrected chi connectivity index (χ2v) is 7.33. The maximum absolute atomic E-state index is 12.6. The van der Waals surface area contributed by atoms with Crippen molar-refractivity contribution in [1.29, 1.82) is 0 Å². The van der Waals surface area contributed by atoms with Crippen LogP contribution >= 0.6 is 0 Å².